The number of aromatic amines is 1. The fourth-order valence-corrected chi connectivity index (χ4v) is 5.66. The van der Waals surface area contributed by atoms with E-state index in [2.05, 4.69) is 72.6 Å². The first-order valence-corrected chi connectivity index (χ1v) is 11.9. The Morgan fingerprint density at radius 1 is 1.03 bits per heavy atom. The number of nitrogens with one attached hydrogen (secondary N) is 1. The highest BCUT2D eigenvalue weighted by atomic mass is 15.6. The zero-order valence-electron chi connectivity index (χ0n) is 18.6. The Kier molecular flexibility index (Phi) is 5.16. The van der Waals surface area contributed by atoms with Crippen LogP contribution in [-0.2, 0) is 13.0 Å². The fraction of sp³-hybridized carbons (Fsp3) is 0.385. The summed E-state index contributed by atoms with van der Waals surface area (Å²) >= 11 is 0. The number of rotatable bonds is 4. The van der Waals surface area contributed by atoms with Gasteiger partial charge in [-0.15, -0.1) is 5.10 Å². The Hall–Kier alpha value is -3.50. The number of benzene rings is 2. The first kappa shape index (κ1) is 20.1. The molecule has 2 aliphatic rings. The summed E-state index contributed by atoms with van der Waals surface area (Å²) in [6.45, 7) is 1.74. The minimum absolute atomic E-state index is 0.0609. The van der Waals surface area contributed by atoms with Gasteiger partial charge in [0.25, 0.3) is 0 Å². The lowest BCUT2D eigenvalue weighted by molar-refractivity contribution is 0.186. The summed E-state index contributed by atoms with van der Waals surface area (Å²) in [5.74, 6) is 0.908. The van der Waals surface area contributed by atoms with Gasteiger partial charge in [-0.1, -0.05) is 49.6 Å². The van der Waals surface area contributed by atoms with Crippen molar-refractivity contribution in [3.05, 3.63) is 76.7 Å². The van der Waals surface area contributed by atoms with E-state index in [1.165, 1.54) is 41.4 Å². The van der Waals surface area contributed by atoms with E-state index in [4.69, 9.17) is 0 Å². The standard InChI is InChI=1S/C26H27N7/c27-16-18-10-12-19(13-11-18)25(26-29-30-31-33(26)20-6-2-1-3-7-20)32-15-14-22-21-8-4-5-9-23(21)28-24(22)17-32/h4-5,8-13,20,25,28H,1-3,6-7,14-15,17H2. The molecule has 6 rings (SSSR count). The van der Waals surface area contributed by atoms with Crippen LogP contribution in [0.2, 0.25) is 0 Å². The molecular formula is C26H27N7. The van der Waals surface area contributed by atoms with E-state index in [0.717, 1.165) is 43.7 Å². The number of H-pyrrole nitrogens is 1. The average Bonchev–Trinajstić information content (AvgIpc) is 3.50. The first-order chi connectivity index (χ1) is 16.3. The summed E-state index contributed by atoms with van der Waals surface area (Å²) in [5.41, 5.74) is 5.69. The van der Waals surface area contributed by atoms with E-state index >= 15 is 0 Å². The molecule has 0 amide bonds. The van der Waals surface area contributed by atoms with E-state index < -0.39 is 0 Å². The van der Waals surface area contributed by atoms with Gasteiger partial charge >= 0.3 is 0 Å². The number of hydrogen-bond donors (Lipinski definition) is 1. The van der Waals surface area contributed by atoms with Crippen molar-refractivity contribution in [2.75, 3.05) is 6.54 Å². The summed E-state index contributed by atoms with van der Waals surface area (Å²) < 4.78 is 2.09. The maximum Gasteiger partial charge on any atom is 0.173 e. The molecule has 2 aromatic carbocycles. The van der Waals surface area contributed by atoms with Gasteiger partial charge in [-0.2, -0.15) is 5.26 Å². The van der Waals surface area contributed by atoms with E-state index in [9.17, 15) is 5.26 Å². The fourth-order valence-electron chi connectivity index (χ4n) is 5.66. The molecule has 4 aromatic rings. The predicted molar refractivity (Wildman–Crippen MR) is 125 cm³/mol. The number of hydrogen-bond acceptors (Lipinski definition) is 5. The Morgan fingerprint density at radius 2 is 1.85 bits per heavy atom. The second-order valence-corrected chi connectivity index (χ2v) is 9.26. The van der Waals surface area contributed by atoms with Crippen LogP contribution in [0.5, 0.6) is 0 Å². The molecule has 33 heavy (non-hydrogen) atoms. The molecule has 0 spiro atoms. The first-order valence-electron chi connectivity index (χ1n) is 11.9. The summed E-state index contributed by atoms with van der Waals surface area (Å²) in [4.78, 5) is 6.13. The average molecular weight is 438 g/mol. The lowest BCUT2D eigenvalue weighted by atomic mass is 9.94. The van der Waals surface area contributed by atoms with Crippen LogP contribution in [0.4, 0.5) is 0 Å². The van der Waals surface area contributed by atoms with Crippen LogP contribution in [0.1, 0.15) is 72.4 Å². The minimum Gasteiger partial charge on any atom is -0.357 e. The maximum absolute atomic E-state index is 9.29. The van der Waals surface area contributed by atoms with Gasteiger partial charge < -0.3 is 4.98 Å². The molecule has 1 aliphatic heterocycles. The SMILES string of the molecule is N#Cc1ccc(C(c2nnnn2C2CCCCC2)N2CCc3c([nH]c4ccccc34)C2)cc1. The molecule has 2 aromatic heterocycles. The third-order valence-electron chi connectivity index (χ3n) is 7.32. The van der Waals surface area contributed by atoms with Crippen LogP contribution >= 0.6 is 0 Å². The van der Waals surface area contributed by atoms with Gasteiger partial charge in [-0.25, -0.2) is 4.68 Å². The zero-order chi connectivity index (χ0) is 22.2. The zero-order valence-corrected chi connectivity index (χ0v) is 18.6. The second kappa shape index (κ2) is 8.45. The highest BCUT2D eigenvalue weighted by molar-refractivity contribution is 5.84. The second-order valence-electron chi connectivity index (χ2n) is 9.26. The smallest absolute Gasteiger partial charge is 0.173 e. The molecule has 0 bridgehead atoms. The highest BCUT2D eigenvalue weighted by Gasteiger charge is 2.33. The largest absolute Gasteiger partial charge is 0.357 e. The number of nitrogens with zero attached hydrogens (tertiary/aromatic N) is 6. The normalized spacial score (nSPS) is 18.2. The van der Waals surface area contributed by atoms with Gasteiger partial charge in [0.05, 0.1) is 23.7 Å². The van der Waals surface area contributed by atoms with Gasteiger partial charge in [-0.05, 0) is 59.0 Å². The van der Waals surface area contributed by atoms with Crippen LogP contribution < -0.4 is 0 Å². The Bertz CT molecular complexity index is 1300. The number of tetrazole rings is 1. The third kappa shape index (κ3) is 3.61. The molecule has 3 heterocycles. The van der Waals surface area contributed by atoms with Gasteiger partial charge in [0, 0.05) is 29.7 Å². The van der Waals surface area contributed by atoms with Crippen molar-refractivity contribution in [1.82, 2.24) is 30.1 Å². The third-order valence-corrected chi connectivity index (χ3v) is 7.32. The van der Waals surface area contributed by atoms with Crippen molar-refractivity contribution < 1.29 is 0 Å². The molecule has 1 saturated carbocycles. The Balaban J connectivity index is 1.41. The molecule has 7 heteroatoms. The minimum atomic E-state index is -0.0609. The van der Waals surface area contributed by atoms with Crippen molar-refractivity contribution >= 4 is 10.9 Å². The van der Waals surface area contributed by atoms with E-state index in [0.29, 0.717) is 11.6 Å². The molecule has 1 N–H and O–H groups in total. The maximum atomic E-state index is 9.29. The van der Waals surface area contributed by atoms with Gasteiger partial charge in [0.2, 0.25) is 0 Å². The molecule has 1 unspecified atom stereocenters. The molecule has 1 aliphatic carbocycles. The monoisotopic (exact) mass is 437 g/mol. The molecule has 7 nitrogen and oxygen atoms in total. The van der Waals surface area contributed by atoms with Gasteiger partial charge in [0.1, 0.15) is 0 Å². The number of nitriles is 1. The molecular weight excluding hydrogens is 410 g/mol. The number of aromatic nitrogens is 5. The van der Waals surface area contributed by atoms with E-state index in [1.54, 1.807) is 0 Å². The highest BCUT2D eigenvalue weighted by Crippen LogP contribution is 2.37. The van der Waals surface area contributed by atoms with Crippen LogP contribution in [0.3, 0.4) is 0 Å². The van der Waals surface area contributed by atoms with Crippen LogP contribution in [0, 0.1) is 11.3 Å². The lowest BCUT2D eigenvalue weighted by Crippen LogP contribution is -2.36. The molecule has 1 atom stereocenters. The van der Waals surface area contributed by atoms with Crippen LogP contribution in [0.15, 0.2) is 48.5 Å². The van der Waals surface area contributed by atoms with Crippen molar-refractivity contribution in [1.29, 1.82) is 5.26 Å². The van der Waals surface area contributed by atoms with Crippen molar-refractivity contribution in [2.45, 2.75) is 57.2 Å². The van der Waals surface area contributed by atoms with Gasteiger partial charge in [0.15, 0.2) is 5.82 Å². The van der Waals surface area contributed by atoms with Crippen molar-refractivity contribution in [3.8, 4) is 6.07 Å². The van der Waals surface area contributed by atoms with E-state index in [-0.39, 0.29) is 6.04 Å². The molecule has 1 fully saturated rings. The lowest BCUT2D eigenvalue weighted by Gasteiger charge is -2.35. The predicted octanol–water partition coefficient (Wildman–Crippen LogP) is 4.68. The molecule has 0 radical (unpaired) electrons. The van der Waals surface area contributed by atoms with Crippen LogP contribution in [-0.4, -0.2) is 36.6 Å². The molecule has 0 saturated heterocycles. The number of fused-ring (bicyclic) bond motifs is 3. The summed E-state index contributed by atoms with van der Waals surface area (Å²) in [7, 11) is 0. The Labute approximate surface area is 193 Å². The summed E-state index contributed by atoms with van der Waals surface area (Å²) in [5, 5.41) is 23.8. The Morgan fingerprint density at radius 3 is 2.67 bits per heavy atom. The number of para-hydroxylation sites is 1. The summed E-state index contributed by atoms with van der Waals surface area (Å²) in [6.07, 6.45) is 7.00. The van der Waals surface area contributed by atoms with Crippen molar-refractivity contribution in [3.63, 3.8) is 0 Å². The quantitative estimate of drug-likeness (QED) is 0.501. The topological polar surface area (TPSA) is 86.4 Å². The van der Waals surface area contributed by atoms with Gasteiger partial charge in [-0.3, -0.25) is 4.90 Å². The van der Waals surface area contributed by atoms with Crippen LogP contribution in [0.25, 0.3) is 10.9 Å². The van der Waals surface area contributed by atoms with E-state index in [1.807, 2.05) is 12.1 Å². The summed E-state index contributed by atoms with van der Waals surface area (Å²) in [6, 6.07) is 19.0. The molecule has 166 valence electrons. The van der Waals surface area contributed by atoms with Crippen molar-refractivity contribution in [2.24, 2.45) is 0 Å².